The molecule has 0 N–H and O–H groups in total. The molecule has 6 nitrogen and oxygen atoms in total. The van der Waals surface area contributed by atoms with Crippen molar-refractivity contribution >= 4 is 132 Å². The van der Waals surface area contributed by atoms with Crippen molar-refractivity contribution in [2.45, 2.75) is 78.6 Å². The summed E-state index contributed by atoms with van der Waals surface area (Å²) in [5.74, 6) is 1.56. The first kappa shape index (κ1) is 78.8. The van der Waals surface area contributed by atoms with E-state index in [1.165, 1.54) is 33.1 Å². The van der Waals surface area contributed by atoms with Crippen molar-refractivity contribution in [3.63, 3.8) is 0 Å². The van der Waals surface area contributed by atoms with E-state index in [2.05, 4.69) is 511 Å². The van der Waals surface area contributed by atoms with Gasteiger partial charge in [0.15, 0.2) is 0 Å². The van der Waals surface area contributed by atoms with Crippen molar-refractivity contribution in [1.82, 2.24) is 0 Å². The van der Waals surface area contributed by atoms with E-state index in [1.807, 2.05) is 0 Å². The second-order valence-electron chi connectivity index (χ2n) is 37.5. The Kier molecular flexibility index (Phi) is 19.4. The number of nitrogens with zero attached hydrogens (tertiary/aromatic N) is 5. The van der Waals surface area contributed by atoms with E-state index in [1.54, 1.807) is 0 Å². The highest BCUT2D eigenvalue weighted by Gasteiger charge is 2.50. The second kappa shape index (κ2) is 31.5. The van der Waals surface area contributed by atoms with Gasteiger partial charge in [-0.1, -0.05) is 360 Å². The summed E-state index contributed by atoms with van der Waals surface area (Å²) < 4.78 is 8.39. The molecule has 0 bridgehead atoms. The fourth-order valence-electron chi connectivity index (χ4n) is 20.2. The van der Waals surface area contributed by atoms with Gasteiger partial charge < -0.3 is 29.2 Å². The van der Waals surface area contributed by atoms with Crippen molar-refractivity contribution in [1.29, 1.82) is 0 Å². The molecule has 0 saturated carbocycles. The molecular formula is C120H97B2N5O. The van der Waals surface area contributed by atoms with Gasteiger partial charge in [0, 0.05) is 102 Å². The van der Waals surface area contributed by atoms with Crippen molar-refractivity contribution in [2.24, 2.45) is 0 Å². The standard InChI is InChI=1S/C120H97B2N5O/c1-118(2,3)86-68-95(80-44-20-10-21-45-80)115(96(69-86)81-46-22-11-23-47-81)125-105-66-42-40-64-101(105)121-103-78-104-111(79-107(103)127(109-75-93(74-108(125)113(109)121)123(89-56-32-16-33-57-89)90-58-34-17-35-59-90)117-99(84-52-28-14-29-53-84)72-88(120(7,8)9)73-100(117)85-54-30-15-31-55-85)128-112-77-94(124(91-60-36-18-37-61-91)92-62-38-19-39-63-92)76-110-114(112)122(104)102-65-41-43-67-106(102)126(110)116-97(82-48-24-12-25-49-82)70-87(119(4,5)6)71-98(116)83-50-26-13-27-51-83/h10-79H,1-9H3. The highest BCUT2D eigenvalue weighted by Crippen LogP contribution is 2.59. The van der Waals surface area contributed by atoms with Crippen LogP contribution in [0.4, 0.5) is 85.3 Å². The Morgan fingerprint density at radius 2 is 0.453 bits per heavy atom. The molecule has 8 heteroatoms. The largest absolute Gasteiger partial charge is 0.458 e. The van der Waals surface area contributed by atoms with Gasteiger partial charge in [-0.25, -0.2) is 0 Å². The third-order valence-corrected chi connectivity index (χ3v) is 26.4. The molecule has 0 atom stereocenters. The fraction of sp³-hybridized carbons (Fsp3) is 0.100. The molecule has 0 radical (unpaired) electrons. The van der Waals surface area contributed by atoms with Crippen LogP contribution in [0.25, 0.3) is 66.8 Å². The molecule has 22 rings (SSSR count). The molecule has 0 aliphatic carbocycles. The minimum atomic E-state index is -0.379. The lowest BCUT2D eigenvalue weighted by Gasteiger charge is -2.47. The molecule has 0 unspecified atom stereocenters. The van der Waals surface area contributed by atoms with Crippen molar-refractivity contribution < 1.29 is 4.74 Å². The SMILES string of the molecule is CC(C)(C)c1cc(-c2ccccc2)c(N2c3ccccc3B3c4cc5c(cc4Oc4cc(N(c6ccccc6)c6ccccc6)cc2c43)N(c2c(-c3ccccc3)cc(C(C)(C)C)cc2-c2ccccc2)c2cc(N(c3ccccc3)c3ccccc3)cc3c2B5c2ccccc2N3c2c(-c3ccccc3)cc(C(C)(C)C)cc2-c2ccccc2)c(-c2ccccc2)c1. The highest BCUT2D eigenvalue weighted by molar-refractivity contribution is 7.02. The third kappa shape index (κ3) is 13.7. The number of fused-ring (bicyclic) bond motifs is 8. The monoisotopic (exact) mass is 1650 g/mol. The zero-order valence-corrected chi connectivity index (χ0v) is 73.7. The fourth-order valence-corrected chi connectivity index (χ4v) is 20.2. The molecule has 4 aliphatic heterocycles. The molecule has 0 amide bonds. The summed E-state index contributed by atoms with van der Waals surface area (Å²) >= 11 is 0. The average molecular weight is 1650 g/mol. The van der Waals surface area contributed by atoms with Crippen LogP contribution in [0.3, 0.4) is 0 Å². The second-order valence-corrected chi connectivity index (χ2v) is 37.5. The molecule has 4 heterocycles. The van der Waals surface area contributed by atoms with E-state index in [9.17, 15) is 0 Å². The third-order valence-electron chi connectivity index (χ3n) is 26.4. The van der Waals surface area contributed by atoms with Crippen LogP contribution in [0.15, 0.2) is 425 Å². The maximum Gasteiger partial charge on any atom is 0.256 e. The Hall–Kier alpha value is -15.1. The van der Waals surface area contributed by atoms with Crippen molar-refractivity contribution in [3.8, 4) is 78.3 Å². The Labute approximate surface area is 753 Å². The van der Waals surface area contributed by atoms with Crippen molar-refractivity contribution in [2.75, 3.05) is 24.5 Å². The first-order chi connectivity index (χ1) is 62.4. The van der Waals surface area contributed by atoms with Gasteiger partial charge in [-0.3, -0.25) is 0 Å². The minimum Gasteiger partial charge on any atom is -0.458 e. The first-order valence-electron chi connectivity index (χ1n) is 44.9. The number of hydrogen-bond donors (Lipinski definition) is 0. The predicted octanol–water partition coefficient (Wildman–Crippen LogP) is 29.0. The zero-order valence-electron chi connectivity index (χ0n) is 73.7. The Balaban J connectivity index is 0.905. The summed E-state index contributed by atoms with van der Waals surface area (Å²) in [5, 5.41) is 0. The predicted molar refractivity (Wildman–Crippen MR) is 544 cm³/mol. The lowest BCUT2D eigenvalue weighted by atomic mass is 9.30. The summed E-state index contributed by atoms with van der Waals surface area (Å²) in [6.45, 7) is 20.4. The molecule has 0 fully saturated rings. The average Bonchev–Trinajstić information content (AvgIpc) is 0.681. The van der Waals surface area contributed by atoms with Crippen LogP contribution in [-0.4, -0.2) is 13.4 Å². The van der Waals surface area contributed by atoms with Crippen LogP contribution in [0, 0.1) is 0 Å². The van der Waals surface area contributed by atoms with Gasteiger partial charge in [-0.05, 0) is 214 Å². The number of anilines is 15. The normalized spacial score (nSPS) is 12.9. The van der Waals surface area contributed by atoms with Crippen molar-refractivity contribution in [3.05, 3.63) is 441 Å². The van der Waals surface area contributed by atoms with Gasteiger partial charge in [0.1, 0.15) is 11.5 Å². The molecule has 614 valence electrons. The molecule has 18 aromatic carbocycles. The van der Waals surface area contributed by atoms with Gasteiger partial charge in [-0.15, -0.1) is 0 Å². The summed E-state index contributed by atoms with van der Waals surface area (Å²) in [5.41, 5.74) is 38.9. The highest BCUT2D eigenvalue weighted by atomic mass is 16.5. The number of para-hydroxylation sites is 6. The maximum atomic E-state index is 8.39. The van der Waals surface area contributed by atoms with E-state index in [4.69, 9.17) is 4.74 Å². The summed E-state index contributed by atoms with van der Waals surface area (Å²) in [6, 6.07) is 159. The lowest BCUT2D eigenvalue weighted by Crippen LogP contribution is -2.64. The van der Waals surface area contributed by atoms with Gasteiger partial charge in [0.05, 0.1) is 28.4 Å². The molecular weight excluding hydrogens is 1550 g/mol. The first-order valence-corrected chi connectivity index (χ1v) is 44.9. The van der Waals surface area contributed by atoms with E-state index in [0.29, 0.717) is 0 Å². The van der Waals surface area contributed by atoms with Gasteiger partial charge >= 0.3 is 0 Å². The van der Waals surface area contributed by atoms with Crippen LogP contribution in [0.5, 0.6) is 11.5 Å². The molecule has 0 spiro atoms. The lowest BCUT2D eigenvalue weighted by molar-refractivity contribution is 0.488. The van der Waals surface area contributed by atoms with E-state index >= 15 is 0 Å². The van der Waals surface area contributed by atoms with Gasteiger partial charge in [0.2, 0.25) is 0 Å². The van der Waals surface area contributed by atoms with Crippen LogP contribution in [0.1, 0.15) is 79.0 Å². The van der Waals surface area contributed by atoms with E-state index < -0.39 is 0 Å². The summed E-state index contributed by atoms with van der Waals surface area (Å²) in [7, 11) is 0. The van der Waals surface area contributed by atoms with Crippen LogP contribution >= 0.6 is 0 Å². The molecule has 0 saturated heterocycles. The van der Waals surface area contributed by atoms with Crippen LogP contribution in [0.2, 0.25) is 0 Å². The Morgan fingerprint density at radius 1 is 0.203 bits per heavy atom. The smallest absolute Gasteiger partial charge is 0.256 e. The Bertz CT molecular complexity index is 7000. The van der Waals surface area contributed by atoms with E-state index in [-0.39, 0.29) is 29.7 Å². The zero-order chi connectivity index (χ0) is 86.7. The van der Waals surface area contributed by atoms with Gasteiger partial charge in [0.25, 0.3) is 13.4 Å². The number of ether oxygens (including phenoxy) is 1. The van der Waals surface area contributed by atoms with Gasteiger partial charge in [-0.2, -0.15) is 0 Å². The van der Waals surface area contributed by atoms with Crippen LogP contribution < -0.4 is 62.0 Å². The topological polar surface area (TPSA) is 25.4 Å². The number of hydrogen-bond acceptors (Lipinski definition) is 6. The number of rotatable bonds is 15. The minimum absolute atomic E-state index is 0.213. The summed E-state index contributed by atoms with van der Waals surface area (Å²) in [6.07, 6.45) is 0. The quantitative estimate of drug-likeness (QED) is 0.0949. The Morgan fingerprint density at radius 3 is 0.750 bits per heavy atom. The maximum absolute atomic E-state index is 8.39. The number of benzene rings is 18. The molecule has 128 heavy (non-hydrogen) atoms. The summed E-state index contributed by atoms with van der Waals surface area (Å²) in [4.78, 5) is 12.9. The molecule has 18 aromatic rings. The molecule has 0 aromatic heterocycles. The molecule has 4 aliphatic rings. The van der Waals surface area contributed by atoms with Crippen LogP contribution in [-0.2, 0) is 16.2 Å². The van der Waals surface area contributed by atoms with E-state index in [0.717, 1.165) is 180 Å².